The van der Waals surface area contributed by atoms with Gasteiger partial charge in [-0.1, -0.05) is 17.7 Å². The van der Waals surface area contributed by atoms with Crippen LogP contribution in [0.5, 0.6) is 0 Å². The molecule has 1 aromatic rings. The van der Waals surface area contributed by atoms with Gasteiger partial charge in [-0.25, -0.2) is 0 Å². The average Bonchev–Trinajstić information content (AvgIpc) is 2.36. The van der Waals surface area contributed by atoms with Crippen LogP contribution in [0.1, 0.15) is 25.3 Å². The highest BCUT2D eigenvalue weighted by Gasteiger charge is 1.94. The lowest BCUT2D eigenvalue weighted by Crippen LogP contribution is -2.22. The van der Waals surface area contributed by atoms with Crippen LogP contribution in [0.2, 0.25) is 0 Å². The van der Waals surface area contributed by atoms with Crippen molar-refractivity contribution in [1.29, 1.82) is 0 Å². The fourth-order valence-corrected chi connectivity index (χ4v) is 1.48. The molecule has 0 aliphatic heterocycles. The molecule has 0 heterocycles. The van der Waals surface area contributed by atoms with Crippen molar-refractivity contribution < 1.29 is 4.74 Å². The minimum atomic E-state index is 0.468. The molecule has 0 atom stereocenters. The first-order valence-electron chi connectivity index (χ1n) is 6.43. The number of nitrogens with two attached hydrogens (primary N) is 1. The number of guanidine groups is 1. The second kappa shape index (κ2) is 8.53. The van der Waals surface area contributed by atoms with Crippen molar-refractivity contribution in [2.75, 3.05) is 25.1 Å². The zero-order valence-electron chi connectivity index (χ0n) is 11.3. The molecule has 3 N–H and O–H groups in total. The van der Waals surface area contributed by atoms with Crippen LogP contribution in [-0.2, 0) is 4.74 Å². The number of aliphatic imine (C=N–C) groups is 1. The number of unbranched alkanes of at least 4 members (excludes halogenated alkanes) is 1. The maximum absolute atomic E-state index is 5.79. The summed E-state index contributed by atoms with van der Waals surface area (Å²) in [5.74, 6) is 0.468. The third-order valence-electron chi connectivity index (χ3n) is 2.51. The highest BCUT2D eigenvalue weighted by molar-refractivity contribution is 5.92. The van der Waals surface area contributed by atoms with Gasteiger partial charge in [0.2, 0.25) is 0 Å². The lowest BCUT2D eigenvalue weighted by atomic mass is 10.2. The molecule has 1 aromatic carbocycles. The summed E-state index contributed by atoms with van der Waals surface area (Å²) in [7, 11) is 0. The second-order valence-corrected chi connectivity index (χ2v) is 4.16. The van der Waals surface area contributed by atoms with Crippen molar-refractivity contribution in [2.45, 2.75) is 26.7 Å². The number of hydrogen-bond donors (Lipinski definition) is 2. The molecule has 0 aliphatic carbocycles. The molecule has 0 saturated heterocycles. The molecule has 0 radical (unpaired) electrons. The molecule has 0 amide bonds. The molecule has 4 nitrogen and oxygen atoms in total. The number of hydrogen-bond acceptors (Lipinski definition) is 2. The highest BCUT2D eigenvalue weighted by atomic mass is 16.5. The number of nitrogens with one attached hydrogen (secondary N) is 1. The molecule has 1 rings (SSSR count). The van der Waals surface area contributed by atoms with E-state index >= 15 is 0 Å². The standard InChI is InChI=1S/C14H23N3O/c1-3-18-11-5-4-10-16-14(15)17-13-8-6-12(2)7-9-13/h6-9H,3-5,10-11H2,1-2H3,(H3,15,16,17). The van der Waals surface area contributed by atoms with E-state index in [1.165, 1.54) is 5.56 Å². The van der Waals surface area contributed by atoms with Gasteiger partial charge in [-0.05, 0) is 38.8 Å². The monoisotopic (exact) mass is 249 g/mol. The van der Waals surface area contributed by atoms with Gasteiger partial charge in [-0.2, -0.15) is 0 Å². The zero-order valence-corrected chi connectivity index (χ0v) is 11.3. The van der Waals surface area contributed by atoms with Gasteiger partial charge in [0.1, 0.15) is 0 Å². The quantitative estimate of drug-likeness (QED) is 0.443. The largest absolute Gasteiger partial charge is 0.382 e. The van der Waals surface area contributed by atoms with Gasteiger partial charge in [-0.3, -0.25) is 4.99 Å². The fraction of sp³-hybridized carbons (Fsp3) is 0.500. The minimum Gasteiger partial charge on any atom is -0.382 e. The van der Waals surface area contributed by atoms with Crippen molar-refractivity contribution in [1.82, 2.24) is 0 Å². The van der Waals surface area contributed by atoms with Crippen molar-refractivity contribution in [3.63, 3.8) is 0 Å². The van der Waals surface area contributed by atoms with E-state index < -0.39 is 0 Å². The highest BCUT2D eigenvalue weighted by Crippen LogP contribution is 2.07. The summed E-state index contributed by atoms with van der Waals surface area (Å²) < 4.78 is 5.25. The summed E-state index contributed by atoms with van der Waals surface area (Å²) in [5.41, 5.74) is 7.99. The number of anilines is 1. The molecule has 0 bridgehead atoms. The molecule has 0 spiro atoms. The smallest absolute Gasteiger partial charge is 0.193 e. The summed E-state index contributed by atoms with van der Waals surface area (Å²) in [6, 6.07) is 8.06. The summed E-state index contributed by atoms with van der Waals surface area (Å²) >= 11 is 0. The number of rotatable bonds is 7. The van der Waals surface area contributed by atoms with E-state index in [1.54, 1.807) is 0 Å². The van der Waals surface area contributed by atoms with Gasteiger partial charge in [0, 0.05) is 25.4 Å². The normalized spacial score (nSPS) is 11.6. The lowest BCUT2D eigenvalue weighted by Gasteiger charge is -2.06. The van der Waals surface area contributed by atoms with E-state index in [4.69, 9.17) is 10.5 Å². The molecule has 4 heteroatoms. The first-order valence-corrected chi connectivity index (χ1v) is 6.43. The molecule has 18 heavy (non-hydrogen) atoms. The van der Waals surface area contributed by atoms with Gasteiger partial charge in [0.15, 0.2) is 5.96 Å². The Hall–Kier alpha value is -1.55. The van der Waals surface area contributed by atoms with Crippen LogP contribution in [0.15, 0.2) is 29.3 Å². The molecule has 100 valence electrons. The molecule has 0 aromatic heterocycles. The molecule has 0 aliphatic rings. The first kappa shape index (κ1) is 14.5. The molecule has 0 fully saturated rings. The number of ether oxygens (including phenoxy) is 1. The van der Waals surface area contributed by atoms with E-state index in [2.05, 4.69) is 17.2 Å². The number of aryl methyl sites for hydroxylation is 1. The average molecular weight is 249 g/mol. The summed E-state index contributed by atoms with van der Waals surface area (Å²) in [6.45, 7) is 6.37. The Bertz CT molecular complexity index is 360. The van der Waals surface area contributed by atoms with E-state index in [0.717, 1.165) is 38.3 Å². The second-order valence-electron chi connectivity index (χ2n) is 4.16. The van der Waals surface area contributed by atoms with E-state index in [-0.39, 0.29) is 0 Å². The fourth-order valence-electron chi connectivity index (χ4n) is 1.48. The summed E-state index contributed by atoms with van der Waals surface area (Å²) in [5, 5.41) is 3.07. The predicted octanol–water partition coefficient (Wildman–Crippen LogP) is 2.54. The summed E-state index contributed by atoms with van der Waals surface area (Å²) in [6.07, 6.45) is 2.02. The van der Waals surface area contributed by atoms with E-state index in [1.807, 2.05) is 31.2 Å². The Morgan fingerprint density at radius 3 is 2.67 bits per heavy atom. The van der Waals surface area contributed by atoms with Gasteiger partial charge in [-0.15, -0.1) is 0 Å². The Labute approximate surface area is 109 Å². The van der Waals surface area contributed by atoms with Crippen LogP contribution in [0.4, 0.5) is 5.69 Å². The summed E-state index contributed by atoms with van der Waals surface area (Å²) in [4.78, 5) is 4.27. The maximum atomic E-state index is 5.79. The topological polar surface area (TPSA) is 59.6 Å². The third kappa shape index (κ3) is 6.25. The van der Waals surface area contributed by atoms with Crippen LogP contribution < -0.4 is 11.1 Å². The predicted molar refractivity (Wildman–Crippen MR) is 77.0 cm³/mol. The molecular formula is C14H23N3O. The van der Waals surface area contributed by atoms with Crippen LogP contribution in [-0.4, -0.2) is 25.7 Å². The van der Waals surface area contributed by atoms with E-state index in [0.29, 0.717) is 5.96 Å². The molecule has 0 unspecified atom stereocenters. The Morgan fingerprint density at radius 2 is 2.00 bits per heavy atom. The van der Waals surface area contributed by atoms with Crippen LogP contribution >= 0.6 is 0 Å². The van der Waals surface area contributed by atoms with Gasteiger partial charge >= 0.3 is 0 Å². The Kier molecular flexibility index (Phi) is 6.87. The zero-order chi connectivity index (χ0) is 13.2. The molecule has 0 saturated carbocycles. The Morgan fingerprint density at radius 1 is 1.28 bits per heavy atom. The van der Waals surface area contributed by atoms with Crippen molar-refractivity contribution in [2.24, 2.45) is 10.7 Å². The van der Waals surface area contributed by atoms with Crippen molar-refractivity contribution in [3.05, 3.63) is 29.8 Å². The van der Waals surface area contributed by atoms with Crippen LogP contribution in [0, 0.1) is 6.92 Å². The Balaban J connectivity index is 2.23. The van der Waals surface area contributed by atoms with Crippen LogP contribution in [0.25, 0.3) is 0 Å². The van der Waals surface area contributed by atoms with Crippen molar-refractivity contribution in [3.8, 4) is 0 Å². The van der Waals surface area contributed by atoms with Crippen molar-refractivity contribution >= 4 is 11.6 Å². The number of benzene rings is 1. The maximum Gasteiger partial charge on any atom is 0.193 e. The third-order valence-corrected chi connectivity index (χ3v) is 2.51. The van der Waals surface area contributed by atoms with Gasteiger partial charge in [0.25, 0.3) is 0 Å². The van der Waals surface area contributed by atoms with E-state index in [9.17, 15) is 0 Å². The van der Waals surface area contributed by atoms with Gasteiger partial charge < -0.3 is 15.8 Å². The molecular weight excluding hydrogens is 226 g/mol. The minimum absolute atomic E-state index is 0.468. The lowest BCUT2D eigenvalue weighted by molar-refractivity contribution is 0.144. The number of nitrogens with zero attached hydrogens (tertiary/aromatic N) is 1. The van der Waals surface area contributed by atoms with Crippen LogP contribution in [0.3, 0.4) is 0 Å². The first-order chi connectivity index (χ1) is 8.72. The SMILES string of the molecule is CCOCCCCN=C(N)Nc1ccc(C)cc1. The van der Waals surface area contributed by atoms with Gasteiger partial charge in [0.05, 0.1) is 0 Å².